The first-order chi connectivity index (χ1) is 9.11. The Morgan fingerprint density at radius 2 is 2.00 bits per heavy atom. The zero-order valence-electron chi connectivity index (χ0n) is 13.2. The lowest BCUT2D eigenvalue weighted by Crippen LogP contribution is -2.55. The SMILES string of the molecule is CCCN1CCCC(CN)(N2CC(C)CC2C)CC1. The highest BCUT2D eigenvalue weighted by atomic mass is 15.3. The quantitative estimate of drug-likeness (QED) is 0.848. The zero-order valence-corrected chi connectivity index (χ0v) is 13.2. The molecule has 0 amide bonds. The van der Waals surface area contributed by atoms with Gasteiger partial charge in [0.2, 0.25) is 0 Å². The van der Waals surface area contributed by atoms with Crippen molar-refractivity contribution in [1.82, 2.24) is 9.80 Å². The Balaban J connectivity index is 2.05. The second-order valence-electron chi connectivity index (χ2n) is 6.97. The van der Waals surface area contributed by atoms with Crippen LogP contribution >= 0.6 is 0 Å². The molecule has 3 atom stereocenters. The van der Waals surface area contributed by atoms with Crippen LogP contribution in [0.1, 0.15) is 52.9 Å². The Labute approximate surface area is 119 Å². The van der Waals surface area contributed by atoms with Gasteiger partial charge in [0.25, 0.3) is 0 Å². The van der Waals surface area contributed by atoms with E-state index in [-0.39, 0.29) is 5.54 Å². The second kappa shape index (κ2) is 6.55. The minimum atomic E-state index is 0.284. The summed E-state index contributed by atoms with van der Waals surface area (Å²) >= 11 is 0. The molecule has 0 spiro atoms. The van der Waals surface area contributed by atoms with Crippen LogP contribution in [0.5, 0.6) is 0 Å². The predicted molar refractivity (Wildman–Crippen MR) is 82.3 cm³/mol. The summed E-state index contributed by atoms with van der Waals surface area (Å²) in [5, 5.41) is 0. The van der Waals surface area contributed by atoms with E-state index in [0.717, 1.165) is 18.5 Å². The molecule has 3 unspecified atom stereocenters. The van der Waals surface area contributed by atoms with Crippen molar-refractivity contribution in [1.29, 1.82) is 0 Å². The first kappa shape index (κ1) is 15.3. The van der Waals surface area contributed by atoms with Gasteiger partial charge in [-0.3, -0.25) is 4.90 Å². The van der Waals surface area contributed by atoms with E-state index in [4.69, 9.17) is 5.73 Å². The molecular weight excluding hydrogens is 234 g/mol. The van der Waals surface area contributed by atoms with Gasteiger partial charge in [-0.25, -0.2) is 0 Å². The molecule has 2 aliphatic rings. The molecule has 2 saturated heterocycles. The van der Waals surface area contributed by atoms with Gasteiger partial charge in [-0.2, -0.15) is 0 Å². The van der Waals surface area contributed by atoms with Crippen LogP contribution in [0.3, 0.4) is 0 Å². The van der Waals surface area contributed by atoms with Crippen molar-refractivity contribution in [2.75, 3.05) is 32.7 Å². The normalized spacial score (nSPS) is 38.5. The fraction of sp³-hybridized carbons (Fsp3) is 1.00. The predicted octanol–water partition coefficient (Wildman–Crippen LogP) is 2.31. The van der Waals surface area contributed by atoms with Gasteiger partial charge in [0.1, 0.15) is 0 Å². The molecule has 112 valence electrons. The van der Waals surface area contributed by atoms with Gasteiger partial charge in [-0.1, -0.05) is 13.8 Å². The maximum Gasteiger partial charge on any atom is 0.0347 e. The van der Waals surface area contributed by atoms with Crippen LogP contribution in [0.25, 0.3) is 0 Å². The average Bonchev–Trinajstić information content (AvgIpc) is 2.62. The fourth-order valence-electron chi connectivity index (χ4n) is 4.34. The van der Waals surface area contributed by atoms with Crippen molar-refractivity contribution in [3.63, 3.8) is 0 Å². The summed E-state index contributed by atoms with van der Waals surface area (Å²) in [6.07, 6.45) is 6.49. The number of hydrogen-bond acceptors (Lipinski definition) is 3. The number of nitrogens with two attached hydrogens (primary N) is 1. The van der Waals surface area contributed by atoms with E-state index < -0.39 is 0 Å². The average molecular weight is 267 g/mol. The zero-order chi connectivity index (χ0) is 13.9. The van der Waals surface area contributed by atoms with Crippen molar-refractivity contribution in [3.05, 3.63) is 0 Å². The van der Waals surface area contributed by atoms with Crippen LogP contribution in [-0.2, 0) is 0 Å². The summed E-state index contributed by atoms with van der Waals surface area (Å²) < 4.78 is 0. The topological polar surface area (TPSA) is 32.5 Å². The van der Waals surface area contributed by atoms with E-state index in [1.54, 1.807) is 0 Å². The molecule has 3 nitrogen and oxygen atoms in total. The van der Waals surface area contributed by atoms with Gasteiger partial charge in [0.15, 0.2) is 0 Å². The lowest BCUT2D eigenvalue weighted by atomic mass is 9.88. The third kappa shape index (κ3) is 3.32. The van der Waals surface area contributed by atoms with Crippen LogP contribution in [-0.4, -0.2) is 54.1 Å². The van der Waals surface area contributed by atoms with Gasteiger partial charge in [0.05, 0.1) is 0 Å². The van der Waals surface area contributed by atoms with E-state index in [1.807, 2.05) is 0 Å². The van der Waals surface area contributed by atoms with Crippen LogP contribution in [0.2, 0.25) is 0 Å². The van der Waals surface area contributed by atoms with Crippen molar-refractivity contribution < 1.29 is 0 Å². The molecule has 3 heteroatoms. The first-order valence-corrected chi connectivity index (χ1v) is 8.30. The van der Waals surface area contributed by atoms with E-state index in [1.165, 1.54) is 58.3 Å². The lowest BCUT2D eigenvalue weighted by molar-refractivity contribution is 0.0695. The maximum atomic E-state index is 6.25. The smallest absolute Gasteiger partial charge is 0.0347 e. The van der Waals surface area contributed by atoms with Crippen molar-refractivity contribution >= 4 is 0 Å². The van der Waals surface area contributed by atoms with Crippen molar-refractivity contribution in [3.8, 4) is 0 Å². The lowest BCUT2D eigenvalue weighted by Gasteiger charge is -2.43. The Morgan fingerprint density at radius 3 is 2.58 bits per heavy atom. The van der Waals surface area contributed by atoms with Crippen molar-refractivity contribution in [2.24, 2.45) is 11.7 Å². The molecule has 0 bridgehead atoms. The first-order valence-electron chi connectivity index (χ1n) is 8.30. The molecule has 19 heavy (non-hydrogen) atoms. The van der Waals surface area contributed by atoms with Gasteiger partial charge < -0.3 is 10.6 Å². The van der Waals surface area contributed by atoms with Gasteiger partial charge in [-0.15, -0.1) is 0 Å². The summed E-state index contributed by atoms with van der Waals surface area (Å²) in [7, 11) is 0. The van der Waals surface area contributed by atoms with Gasteiger partial charge in [-0.05, 0) is 64.6 Å². The molecule has 2 fully saturated rings. The molecular formula is C16H33N3. The number of likely N-dealkylation sites (tertiary alicyclic amines) is 2. The summed E-state index contributed by atoms with van der Waals surface area (Å²) in [5.41, 5.74) is 6.54. The van der Waals surface area contributed by atoms with E-state index in [2.05, 4.69) is 30.6 Å². The van der Waals surface area contributed by atoms with Crippen LogP contribution in [0, 0.1) is 5.92 Å². The van der Waals surface area contributed by atoms with Crippen LogP contribution in [0.4, 0.5) is 0 Å². The van der Waals surface area contributed by atoms with Crippen LogP contribution < -0.4 is 5.73 Å². The molecule has 0 aromatic heterocycles. The summed E-state index contributed by atoms with van der Waals surface area (Å²) in [5.74, 6) is 0.841. The van der Waals surface area contributed by atoms with E-state index in [9.17, 15) is 0 Å². The van der Waals surface area contributed by atoms with Gasteiger partial charge in [0, 0.05) is 24.7 Å². The molecule has 0 aromatic rings. The third-order valence-electron chi connectivity index (χ3n) is 5.32. The minimum absolute atomic E-state index is 0.284. The highest BCUT2D eigenvalue weighted by molar-refractivity contribution is 4.99. The molecule has 2 N–H and O–H groups in total. The summed E-state index contributed by atoms with van der Waals surface area (Å²) in [6, 6.07) is 0.719. The van der Waals surface area contributed by atoms with Crippen LogP contribution in [0.15, 0.2) is 0 Å². The largest absolute Gasteiger partial charge is 0.329 e. The molecule has 0 radical (unpaired) electrons. The minimum Gasteiger partial charge on any atom is -0.329 e. The second-order valence-corrected chi connectivity index (χ2v) is 6.97. The Bertz CT molecular complexity index is 281. The molecule has 2 rings (SSSR count). The molecule has 2 aliphatic heterocycles. The maximum absolute atomic E-state index is 6.25. The highest BCUT2D eigenvalue weighted by Gasteiger charge is 2.42. The van der Waals surface area contributed by atoms with Crippen molar-refractivity contribution in [2.45, 2.75) is 64.5 Å². The number of hydrogen-bond donors (Lipinski definition) is 1. The summed E-state index contributed by atoms with van der Waals surface area (Å²) in [6.45, 7) is 12.9. The highest BCUT2D eigenvalue weighted by Crippen LogP contribution is 2.36. The third-order valence-corrected chi connectivity index (χ3v) is 5.32. The summed E-state index contributed by atoms with van der Waals surface area (Å²) in [4.78, 5) is 5.40. The Morgan fingerprint density at radius 1 is 1.21 bits per heavy atom. The standard InChI is InChI=1S/C16H33N3/c1-4-8-18-9-5-6-16(13-17,7-10-18)19-12-14(2)11-15(19)3/h14-15H,4-13,17H2,1-3H3. The molecule has 0 aliphatic carbocycles. The molecule has 2 heterocycles. The number of nitrogens with zero attached hydrogens (tertiary/aromatic N) is 2. The fourth-order valence-corrected chi connectivity index (χ4v) is 4.34. The van der Waals surface area contributed by atoms with E-state index in [0.29, 0.717) is 0 Å². The Hall–Kier alpha value is -0.120. The van der Waals surface area contributed by atoms with E-state index >= 15 is 0 Å². The molecule has 0 aromatic carbocycles. The monoisotopic (exact) mass is 267 g/mol. The molecule has 0 saturated carbocycles. The van der Waals surface area contributed by atoms with Gasteiger partial charge >= 0.3 is 0 Å². The number of rotatable bonds is 4. The Kier molecular flexibility index (Phi) is 5.27.